The van der Waals surface area contributed by atoms with Crippen molar-refractivity contribution in [3.63, 3.8) is 0 Å². The number of sulfone groups is 1. The van der Waals surface area contributed by atoms with Crippen LogP contribution in [0, 0.1) is 6.92 Å². The summed E-state index contributed by atoms with van der Waals surface area (Å²) in [7, 11) is -14.7. The van der Waals surface area contributed by atoms with Gasteiger partial charge < -0.3 is 24.6 Å². The summed E-state index contributed by atoms with van der Waals surface area (Å²) in [4.78, 5) is 5.39. The number of nitrogens with one attached hydrogen (secondary N) is 1. The molecule has 4 aromatic rings. The molecule has 1 heterocycles. The number of anilines is 2. The van der Waals surface area contributed by atoms with Gasteiger partial charge in [-0.05, 0) is 42.0 Å². The third-order valence-electron chi connectivity index (χ3n) is 5.37. The number of hydrogen-bond acceptors (Lipinski definition) is 15. The van der Waals surface area contributed by atoms with Crippen molar-refractivity contribution in [3.05, 3.63) is 53.2 Å². The van der Waals surface area contributed by atoms with Crippen molar-refractivity contribution in [2.45, 2.75) is 21.9 Å². The first-order valence-electron chi connectivity index (χ1n) is 10.8. The average Bonchev–Trinajstić information content (AvgIpc) is 2.84. The molecule has 3 aromatic carbocycles. The average molecular weight is 750 g/mol. The standard InChI is InChI=1S/C22H18ClN5O10S3.Cu.2Na/c1-10-18(23)21(26-22(24-10)39(2,31)32)25-14-9-12(40(33,34)35)7-11-8-16(41(36,37)38)19(20(30)17(11)14)28-27-13-5-3-4-6-15(13)29;;;/h3-9,29-30H,1-2H3,(H,24,25,26)(H,33,34,35)(H,36,37,38);;;/q;+2;2*+1/p-4. The van der Waals surface area contributed by atoms with E-state index in [4.69, 9.17) is 11.6 Å². The number of para-hydroxylation sites is 1. The van der Waals surface area contributed by atoms with E-state index in [0.29, 0.717) is 18.2 Å². The van der Waals surface area contributed by atoms with Crippen molar-refractivity contribution < 1.29 is 121 Å². The zero-order chi connectivity index (χ0) is 30.5. The van der Waals surface area contributed by atoms with Gasteiger partial charge in [-0.1, -0.05) is 41.3 Å². The van der Waals surface area contributed by atoms with E-state index in [1.807, 2.05) is 0 Å². The Labute approximate surface area is 311 Å². The zero-order valence-electron chi connectivity index (χ0n) is 22.8. The summed E-state index contributed by atoms with van der Waals surface area (Å²) in [5.41, 5.74) is -1.87. The van der Waals surface area contributed by atoms with Crippen LogP contribution in [0.3, 0.4) is 0 Å². The van der Waals surface area contributed by atoms with Crippen LogP contribution in [0.25, 0.3) is 10.8 Å². The van der Waals surface area contributed by atoms with Crippen LogP contribution in [0.4, 0.5) is 22.9 Å². The van der Waals surface area contributed by atoms with E-state index < -0.39 is 84.5 Å². The molecule has 0 bridgehead atoms. The van der Waals surface area contributed by atoms with Crippen LogP contribution in [-0.2, 0) is 47.1 Å². The van der Waals surface area contributed by atoms with E-state index in [1.165, 1.54) is 25.1 Å². The number of halogens is 1. The number of fused-ring (bicyclic) bond motifs is 1. The molecule has 0 spiro atoms. The van der Waals surface area contributed by atoms with Crippen LogP contribution in [0.2, 0.25) is 5.02 Å². The number of azo groups is 1. The number of rotatable bonds is 7. The Morgan fingerprint density at radius 3 is 2.05 bits per heavy atom. The van der Waals surface area contributed by atoms with E-state index in [-0.39, 0.29) is 92.6 Å². The summed E-state index contributed by atoms with van der Waals surface area (Å²) < 4.78 is 95.9. The molecule has 15 nitrogen and oxygen atoms in total. The minimum absolute atomic E-state index is 0. The largest absolute Gasteiger partial charge is 2.00 e. The van der Waals surface area contributed by atoms with Crippen LogP contribution in [0.1, 0.15) is 5.69 Å². The smallest absolute Gasteiger partial charge is 0.871 e. The molecule has 0 saturated carbocycles. The van der Waals surface area contributed by atoms with Crippen LogP contribution < -0.4 is 74.6 Å². The number of benzene rings is 3. The van der Waals surface area contributed by atoms with Gasteiger partial charge in [-0.25, -0.2) is 30.2 Å². The predicted octanol–water partition coefficient (Wildman–Crippen LogP) is -3.88. The molecule has 225 valence electrons. The van der Waals surface area contributed by atoms with Crippen LogP contribution in [0.5, 0.6) is 11.5 Å². The van der Waals surface area contributed by atoms with E-state index in [2.05, 4.69) is 25.5 Å². The van der Waals surface area contributed by atoms with E-state index >= 15 is 0 Å². The molecule has 1 radical (unpaired) electrons. The van der Waals surface area contributed by atoms with Crippen molar-refractivity contribution in [2.24, 2.45) is 10.2 Å². The Bertz CT molecular complexity index is 2120. The van der Waals surface area contributed by atoms with Crippen molar-refractivity contribution in [2.75, 3.05) is 11.6 Å². The Morgan fingerprint density at radius 1 is 0.886 bits per heavy atom. The Hall–Kier alpha value is -1.42. The molecule has 0 amide bonds. The first-order chi connectivity index (χ1) is 18.9. The van der Waals surface area contributed by atoms with Gasteiger partial charge in [0, 0.05) is 11.9 Å². The predicted molar refractivity (Wildman–Crippen MR) is 138 cm³/mol. The second-order valence-corrected chi connectivity index (χ2v) is 13.4. The summed E-state index contributed by atoms with van der Waals surface area (Å²) in [5.74, 6) is -2.35. The molecule has 44 heavy (non-hydrogen) atoms. The fraction of sp³-hybridized carbons (Fsp3) is 0.0909. The molecular weight excluding hydrogens is 735 g/mol. The maximum Gasteiger partial charge on any atom is 2.00 e. The van der Waals surface area contributed by atoms with E-state index in [9.17, 15) is 44.6 Å². The van der Waals surface area contributed by atoms with Gasteiger partial charge in [0.2, 0.25) is 15.0 Å². The second-order valence-electron chi connectivity index (χ2n) is 8.35. The van der Waals surface area contributed by atoms with Crippen molar-refractivity contribution >= 4 is 75.3 Å². The van der Waals surface area contributed by atoms with Crippen LogP contribution in [-0.4, -0.2) is 50.6 Å². The Kier molecular flexibility index (Phi) is 13.8. The van der Waals surface area contributed by atoms with Gasteiger partial charge in [-0.2, -0.15) is 10.1 Å². The molecule has 1 N–H and O–H groups in total. The van der Waals surface area contributed by atoms with Gasteiger partial charge in [0.05, 0.1) is 26.9 Å². The quantitative estimate of drug-likeness (QED) is 0.0822. The topological polar surface area (TPSA) is 257 Å². The van der Waals surface area contributed by atoms with Crippen LogP contribution in [0.15, 0.2) is 67.6 Å². The van der Waals surface area contributed by atoms with Crippen molar-refractivity contribution in [1.82, 2.24) is 9.97 Å². The minimum atomic E-state index is -5.45. The molecule has 0 atom stereocenters. The number of aryl methyl sites for hydroxylation is 1. The Balaban J connectivity index is 0.00000323. The monoisotopic (exact) mass is 748 g/mol. The number of aromatic nitrogens is 2. The Morgan fingerprint density at radius 2 is 1.50 bits per heavy atom. The van der Waals surface area contributed by atoms with Gasteiger partial charge in [0.25, 0.3) is 0 Å². The molecular formula is C22H14ClCuN5Na2O10S3. The maximum absolute atomic E-state index is 13.6. The molecule has 0 fully saturated rings. The minimum Gasteiger partial charge on any atom is -0.871 e. The number of hydrogen-bond donors (Lipinski definition) is 1. The van der Waals surface area contributed by atoms with Crippen molar-refractivity contribution in [3.8, 4) is 11.5 Å². The summed E-state index contributed by atoms with van der Waals surface area (Å²) >= 11 is 6.21. The molecule has 0 unspecified atom stereocenters. The third-order valence-corrected chi connectivity index (χ3v) is 8.33. The molecule has 1 aromatic heterocycles. The normalized spacial score (nSPS) is 11.8. The first-order valence-corrected chi connectivity index (χ1v) is 15.9. The second kappa shape index (κ2) is 15.0. The van der Waals surface area contributed by atoms with Crippen LogP contribution >= 0.6 is 11.6 Å². The van der Waals surface area contributed by atoms with Gasteiger partial charge in [0.15, 0.2) is 5.82 Å². The maximum atomic E-state index is 13.6. The molecule has 22 heteroatoms. The van der Waals surface area contributed by atoms with E-state index in [0.717, 1.165) is 12.3 Å². The molecule has 0 aliphatic rings. The SMILES string of the molecule is Cc1nc(S(C)(=O)=O)nc(Nc2cc(S(=O)(=O)[O-])cc3cc(S(=O)(=O)[O-])c(N=Nc4ccccc4[O-])c([O-])c23)c1Cl.[Cu+2].[Na+].[Na+]. The summed E-state index contributed by atoms with van der Waals surface area (Å²) in [6, 6.07) is 7.07. The molecule has 0 aliphatic heterocycles. The number of nitrogens with zero attached hydrogens (tertiary/aromatic N) is 4. The summed E-state index contributed by atoms with van der Waals surface area (Å²) in [6.07, 6.45) is 0.803. The van der Waals surface area contributed by atoms with Gasteiger partial charge in [-0.15, -0.1) is 5.11 Å². The summed E-state index contributed by atoms with van der Waals surface area (Å²) in [5, 5.41) is 33.2. The van der Waals surface area contributed by atoms with Gasteiger partial charge >= 0.3 is 76.2 Å². The van der Waals surface area contributed by atoms with Crippen molar-refractivity contribution in [1.29, 1.82) is 0 Å². The van der Waals surface area contributed by atoms with E-state index in [1.54, 1.807) is 0 Å². The van der Waals surface area contributed by atoms with Gasteiger partial charge in [-0.3, -0.25) is 0 Å². The fourth-order valence-electron chi connectivity index (χ4n) is 3.53. The zero-order valence-corrected chi connectivity index (χ0v) is 31.0. The fourth-order valence-corrected chi connectivity index (χ4v) is 5.39. The summed E-state index contributed by atoms with van der Waals surface area (Å²) in [6.45, 7) is 1.33. The third kappa shape index (κ3) is 8.89. The first kappa shape index (κ1) is 40.6. The molecule has 4 rings (SSSR count). The molecule has 0 saturated heterocycles. The molecule has 0 aliphatic carbocycles. The van der Waals surface area contributed by atoms with Gasteiger partial charge in [0.1, 0.15) is 25.3 Å².